The first-order chi connectivity index (χ1) is 16.1. The number of nitrogens with zero attached hydrogens (tertiary/aromatic N) is 1. The fourth-order valence-electron chi connectivity index (χ4n) is 7.07. The van der Waals surface area contributed by atoms with E-state index in [0.29, 0.717) is 38.0 Å². The van der Waals surface area contributed by atoms with E-state index in [1.807, 2.05) is 0 Å². The van der Waals surface area contributed by atoms with Crippen LogP contribution in [0.25, 0.3) is 0 Å². The van der Waals surface area contributed by atoms with Gasteiger partial charge in [0.05, 0.1) is 17.4 Å². The third kappa shape index (κ3) is 3.60. The van der Waals surface area contributed by atoms with E-state index >= 15 is 0 Å². The van der Waals surface area contributed by atoms with Gasteiger partial charge in [-0.25, -0.2) is 8.42 Å². The number of methoxy groups -OCH3 is 1. The van der Waals surface area contributed by atoms with E-state index in [2.05, 4.69) is 10.0 Å². The van der Waals surface area contributed by atoms with E-state index in [-0.39, 0.29) is 29.8 Å². The van der Waals surface area contributed by atoms with Crippen LogP contribution >= 0.6 is 0 Å². The van der Waals surface area contributed by atoms with Crippen LogP contribution in [0.4, 0.5) is 5.69 Å². The molecule has 0 spiro atoms. The number of hydrogen-bond donors (Lipinski definition) is 2. The van der Waals surface area contributed by atoms with E-state index < -0.39 is 36.5 Å². The summed E-state index contributed by atoms with van der Waals surface area (Å²) in [7, 11) is -2.88. The number of rotatable bonds is 7. The van der Waals surface area contributed by atoms with Crippen molar-refractivity contribution in [2.45, 2.75) is 67.8 Å². The molecule has 2 unspecified atom stereocenters. The zero-order valence-corrected chi connectivity index (χ0v) is 19.8. The second-order valence-corrected chi connectivity index (χ2v) is 12.2. The molecule has 34 heavy (non-hydrogen) atoms. The summed E-state index contributed by atoms with van der Waals surface area (Å²) >= 11 is 0. The van der Waals surface area contributed by atoms with Crippen molar-refractivity contribution in [3.63, 3.8) is 0 Å². The first-order valence-electron chi connectivity index (χ1n) is 11.8. The summed E-state index contributed by atoms with van der Waals surface area (Å²) in [4.78, 5) is 36.2. The van der Waals surface area contributed by atoms with Gasteiger partial charge in [-0.05, 0) is 75.2 Å². The number of benzene rings is 1. The normalized spacial score (nSPS) is 33.1. The molecule has 184 valence electrons. The number of amides is 1. The van der Waals surface area contributed by atoms with Crippen molar-refractivity contribution in [1.82, 2.24) is 10.0 Å². The topological polar surface area (TPSA) is 145 Å². The van der Waals surface area contributed by atoms with Crippen LogP contribution in [0.1, 0.15) is 51.4 Å². The van der Waals surface area contributed by atoms with Crippen LogP contribution in [-0.2, 0) is 24.3 Å². The number of sulfonamides is 1. The summed E-state index contributed by atoms with van der Waals surface area (Å²) in [6.45, 7) is 0. The largest absolute Gasteiger partial charge is 0.469 e. The summed E-state index contributed by atoms with van der Waals surface area (Å²) in [5.74, 6) is 0.200. The van der Waals surface area contributed by atoms with Crippen molar-refractivity contribution in [2.24, 2.45) is 23.2 Å². The molecule has 0 aromatic heterocycles. The Morgan fingerprint density at radius 1 is 1.12 bits per heavy atom. The molecule has 5 aliphatic carbocycles. The van der Waals surface area contributed by atoms with Gasteiger partial charge in [-0.2, -0.15) is 4.72 Å². The summed E-state index contributed by atoms with van der Waals surface area (Å²) < 4.78 is 33.8. The fourth-order valence-corrected chi connectivity index (χ4v) is 8.67. The van der Waals surface area contributed by atoms with Gasteiger partial charge in [0.15, 0.2) is 4.90 Å². The molecule has 2 atom stereocenters. The first-order valence-corrected chi connectivity index (χ1v) is 13.2. The molecule has 10 nitrogen and oxygen atoms in total. The van der Waals surface area contributed by atoms with E-state index in [0.717, 1.165) is 25.3 Å². The minimum atomic E-state index is -4.30. The Hall–Kier alpha value is -2.53. The molecule has 6 rings (SSSR count). The van der Waals surface area contributed by atoms with Crippen LogP contribution in [-0.4, -0.2) is 43.9 Å². The Kier molecular flexibility index (Phi) is 5.47. The van der Waals surface area contributed by atoms with Crippen LogP contribution in [0.2, 0.25) is 0 Å². The molecule has 11 heteroatoms. The highest BCUT2D eigenvalue weighted by molar-refractivity contribution is 7.89. The van der Waals surface area contributed by atoms with Crippen LogP contribution < -0.4 is 10.0 Å². The van der Waals surface area contributed by atoms with E-state index in [4.69, 9.17) is 4.74 Å². The summed E-state index contributed by atoms with van der Waals surface area (Å²) in [5, 5.41) is 14.5. The predicted molar refractivity (Wildman–Crippen MR) is 120 cm³/mol. The summed E-state index contributed by atoms with van der Waals surface area (Å²) in [6, 6.07) is 5.01. The number of carbonyl (C=O) groups is 2. The molecule has 5 aliphatic rings. The maximum absolute atomic E-state index is 13.5. The quantitative estimate of drug-likeness (QED) is 0.338. The molecule has 5 saturated carbocycles. The first kappa shape index (κ1) is 23.2. The van der Waals surface area contributed by atoms with Crippen molar-refractivity contribution in [3.05, 3.63) is 34.4 Å². The molecule has 2 N–H and O–H groups in total. The lowest BCUT2D eigenvalue weighted by atomic mass is 9.48. The van der Waals surface area contributed by atoms with Gasteiger partial charge in [-0.1, -0.05) is 12.1 Å². The maximum atomic E-state index is 13.5. The van der Waals surface area contributed by atoms with Gasteiger partial charge in [-0.3, -0.25) is 19.7 Å². The molecule has 4 bridgehead atoms. The Morgan fingerprint density at radius 2 is 1.76 bits per heavy atom. The monoisotopic (exact) mass is 491 g/mol. The molecule has 0 radical (unpaired) electrons. The van der Waals surface area contributed by atoms with Gasteiger partial charge in [0.2, 0.25) is 15.9 Å². The molecule has 5 fully saturated rings. The zero-order valence-electron chi connectivity index (χ0n) is 19.0. The number of nitrogens with one attached hydrogen (secondary N) is 2. The molecule has 1 aromatic rings. The maximum Gasteiger partial charge on any atom is 0.311 e. The molecular formula is C23H29N3O7S. The third-order valence-corrected chi connectivity index (χ3v) is 10.1. The molecule has 1 aromatic carbocycles. The highest BCUT2D eigenvalue weighted by atomic mass is 32.2. The second-order valence-electron chi connectivity index (χ2n) is 10.5. The van der Waals surface area contributed by atoms with Gasteiger partial charge in [0.25, 0.3) is 5.69 Å². The summed E-state index contributed by atoms with van der Waals surface area (Å²) in [6.07, 6.45) is 5.40. The molecule has 1 amide bonds. The summed E-state index contributed by atoms with van der Waals surface area (Å²) in [5.41, 5.74) is -2.31. The Labute approximate surface area is 198 Å². The lowest BCUT2D eigenvalue weighted by Crippen LogP contribution is -2.67. The Bertz CT molecular complexity index is 1130. The average Bonchev–Trinajstić information content (AvgIpc) is 2.77. The lowest BCUT2D eigenvalue weighted by Gasteiger charge is -2.59. The van der Waals surface area contributed by atoms with Crippen molar-refractivity contribution in [3.8, 4) is 0 Å². The van der Waals surface area contributed by atoms with E-state index in [1.54, 1.807) is 0 Å². The van der Waals surface area contributed by atoms with Crippen LogP contribution in [0.15, 0.2) is 29.2 Å². The van der Waals surface area contributed by atoms with Gasteiger partial charge in [0.1, 0.15) is 5.54 Å². The fraction of sp³-hybridized carbons (Fsp3) is 0.652. The standard InChI is InChI=1S/C23H29N3O7S/c1-33-21(28)22-11-14-9-15(12-22)19(16(10-14)13-22)24-20(27)23(7-4-8-23)25-34(31,32)18-6-3-2-5-17(18)26(29)30/h2-3,5-6,14-16,19,25H,4,7-13H2,1H3,(H,24,27). The minimum absolute atomic E-state index is 0.116. The van der Waals surface area contributed by atoms with Crippen LogP contribution in [0, 0.1) is 33.3 Å². The van der Waals surface area contributed by atoms with Gasteiger partial charge in [-0.15, -0.1) is 0 Å². The number of esters is 1. The second kappa shape index (κ2) is 8.01. The van der Waals surface area contributed by atoms with Crippen molar-refractivity contribution in [2.75, 3.05) is 7.11 Å². The number of carbonyl (C=O) groups excluding carboxylic acids is 2. The SMILES string of the molecule is COC(=O)C12CC3CC(C1)C(NC(=O)C1(NS(=O)(=O)c4ccccc4[N+](=O)[O-])CCC1)C(C3)C2. The lowest BCUT2D eigenvalue weighted by molar-refractivity contribution is -0.387. The van der Waals surface area contributed by atoms with Gasteiger partial charge in [0, 0.05) is 12.1 Å². The smallest absolute Gasteiger partial charge is 0.311 e. The number of nitro groups is 1. The Morgan fingerprint density at radius 3 is 2.32 bits per heavy atom. The van der Waals surface area contributed by atoms with E-state index in [1.165, 1.54) is 25.3 Å². The zero-order chi connectivity index (χ0) is 24.3. The minimum Gasteiger partial charge on any atom is -0.469 e. The van der Waals surface area contributed by atoms with Gasteiger partial charge >= 0.3 is 5.97 Å². The number of ether oxygens (including phenoxy) is 1. The molecular weight excluding hydrogens is 462 g/mol. The van der Waals surface area contributed by atoms with Crippen LogP contribution in [0.5, 0.6) is 0 Å². The highest BCUT2D eigenvalue weighted by Crippen LogP contribution is 2.60. The van der Waals surface area contributed by atoms with Crippen LogP contribution in [0.3, 0.4) is 0 Å². The third-order valence-electron chi connectivity index (χ3n) is 8.51. The van der Waals surface area contributed by atoms with Gasteiger partial charge < -0.3 is 10.1 Å². The molecule has 0 aliphatic heterocycles. The van der Waals surface area contributed by atoms with Crippen molar-refractivity contribution in [1.29, 1.82) is 0 Å². The van der Waals surface area contributed by atoms with Crippen molar-refractivity contribution >= 4 is 27.6 Å². The Balaban J connectivity index is 1.35. The highest BCUT2D eigenvalue weighted by Gasteiger charge is 2.60. The molecule has 0 saturated heterocycles. The number of nitro benzene ring substituents is 1. The van der Waals surface area contributed by atoms with E-state index in [9.17, 15) is 28.1 Å². The predicted octanol–water partition coefficient (Wildman–Crippen LogP) is 2.28. The number of para-hydroxylation sites is 1. The molecule has 0 heterocycles. The van der Waals surface area contributed by atoms with Crippen molar-refractivity contribution < 1.29 is 27.7 Å². The average molecular weight is 492 g/mol. The number of hydrogen-bond acceptors (Lipinski definition) is 7.